The van der Waals surface area contributed by atoms with Crippen LogP contribution in [-0.2, 0) is 6.54 Å². The Hall–Kier alpha value is -3.36. The summed E-state index contributed by atoms with van der Waals surface area (Å²) in [6.45, 7) is 9.13. The highest BCUT2D eigenvalue weighted by atomic mass is 19.4. The summed E-state index contributed by atoms with van der Waals surface area (Å²) in [4.78, 5) is 11.0. The fourth-order valence-corrected chi connectivity index (χ4v) is 6.63. The van der Waals surface area contributed by atoms with Gasteiger partial charge in [-0.3, -0.25) is 0 Å². The van der Waals surface area contributed by atoms with E-state index in [1.807, 2.05) is 0 Å². The minimum Gasteiger partial charge on any atom is -0.405 e. The molecule has 2 saturated carbocycles. The Bertz CT molecular complexity index is 1270. The average Bonchev–Trinajstić information content (AvgIpc) is 2.99. The Morgan fingerprint density at radius 1 is 1.02 bits per heavy atom. The van der Waals surface area contributed by atoms with Crippen LogP contribution in [-0.4, -0.2) is 61.0 Å². The third-order valence-electron chi connectivity index (χ3n) is 9.11. The van der Waals surface area contributed by atoms with Crippen molar-refractivity contribution in [3.05, 3.63) is 53.7 Å². The number of alkyl halides is 3. The molecule has 44 heavy (non-hydrogen) atoms. The van der Waals surface area contributed by atoms with Crippen molar-refractivity contribution in [3.63, 3.8) is 0 Å². The number of nitrogens with one attached hydrogen (secondary N) is 3. The lowest BCUT2D eigenvalue weighted by Crippen LogP contribution is -2.37. The number of anilines is 2. The van der Waals surface area contributed by atoms with Crippen LogP contribution in [0.5, 0.6) is 5.75 Å². The second-order valence-corrected chi connectivity index (χ2v) is 12.7. The van der Waals surface area contributed by atoms with Gasteiger partial charge >= 0.3 is 6.36 Å². The zero-order valence-electron chi connectivity index (χ0n) is 26.1. The van der Waals surface area contributed by atoms with E-state index in [0.29, 0.717) is 47.3 Å². The second-order valence-electron chi connectivity index (χ2n) is 12.7. The van der Waals surface area contributed by atoms with Crippen LogP contribution in [0.3, 0.4) is 0 Å². The third kappa shape index (κ3) is 10.1. The third-order valence-corrected chi connectivity index (χ3v) is 9.11. The molecule has 2 fully saturated rings. The summed E-state index contributed by atoms with van der Waals surface area (Å²) in [5, 5.41) is 19.8. The van der Waals surface area contributed by atoms with Gasteiger partial charge in [-0.25, -0.2) is 4.98 Å². The number of para-hydroxylation sites is 1. The first kappa shape index (κ1) is 33.5. The molecule has 0 radical (unpaired) electrons. The Morgan fingerprint density at radius 3 is 2.36 bits per heavy atom. The number of nitriles is 1. The van der Waals surface area contributed by atoms with Crippen molar-refractivity contribution in [2.75, 3.05) is 44.4 Å². The molecule has 4 rings (SSSR count). The molecular weight excluding hydrogens is 567 g/mol. The van der Waals surface area contributed by atoms with Gasteiger partial charge in [0.05, 0.1) is 6.20 Å². The van der Waals surface area contributed by atoms with Crippen molar-refractivity contribution in [1.82, 2.24) is 20.2 Å². The molecule has 2 aromatic rings. The summed E-state index contributed by atoms with van der Waals surface area (Å²) < 4.78 is 42.6. The molecule has 3 atom stereocenters. The van der Waals surface area contributed by atoms with Gasteiger partial charge in [0, 0.05) is 24.7 Å². The topological polar surface area (TPSA) is 98.1 Å². The molecule has 0 bridgehead atoms. The van der Waals surface area contributed by atoms with Crippen molar-refractivity contribution in [1.29, 1.82) is 5.26 Å². The summed E-state index contributed by atoms with van der Waals surface area (Å²) in [5.41, 5.74) is 1.83. The number of hydrogen-bond acceptors (Lipinski definition) is 8. The van der Waals surface area contributed by atoms with Crippen molar-refractivity contribution >= 4 is 11.8 Å². The van der Waals surface area contributed by atoms with Gasteiger partial charge in [-0.05, 0) is 109 Å². The zero-order valence-corrected chi connectivity index (χ0v) is 26.1. The maximum atomic E-state index is 12.8. The van der Waals surface area contributed by atoms with E-state index < -0.39 is 6.36 Å². The highest BCUT2D eigenvalue weighted by Gasteiger charge is 2.32. The number of ether oxygens (including phenoxy) is 1. The lowest BCUT2D eigenvalue weighted by atomic mass is 9.73. The van der Waals surface area contributed by atoms with Crippen LogP contribution < -0.4 is 20.7 Å². The van der Waals surface area contributed by atoms with Crippen LogP contribution in [0.2, 0.25) is 0 Å². The smallest absolute Gasteiger partial charge is 0.405 e. The molecule has 1 heterocycles. The van der Waals surface area contributed by atoms with Gasteiger partial charge in [0.25, 0.3) is 0 Å². The van der Waals surface area contributed by atoms with Gasteiger partial charge in [-0.2, -0.15) is 10.2 Å². The van der Waals surface area contributed by atoms with Crippen molar-refractivity contribution < 1.29 is 17.9 Å². The summed E-state index contributed by atoms with van der Waals surface area (Å²) >= 11 is 0. The Labute approximate surface area is 259 Å². The second kappa shape index (κ2) is 15.6. The molecule has 240 valence electrons. The van der Waals surface area contributed by atoms with Gasteiger partial charge in [-0.15, -0.1) is 13.2 Å². The lowest BCUT2D eigenvalue weighted by Gasteiger charge is -2.36. The van der Waals surface area contributed by atoms with Crippen molar-refractivity contribution in [3.8, 4) is 11.8 Å². The molecule has 0 saturated heterocycles. The number of hydrogen-bond donors (Lipinski definition) is 3. The fraction of sp³-hybridized carbons (Fsp3) is 0.606. The van der Waals surface area contributed by atoms with Crippen LogP contribution in [0, 0.1) is 35.0 Å². The van der Waals surface area contributed by atoms with E-state index in [2.05, 4.69) is 69.2 Å². The monoisotopic (exact) mass is 613 g/mol. The molecule has 1 aromatic carbocycles. The highest BCUT2D eigenvalue weighted by Crippen LogP contribution is 2.37. The maximum Gasteiger partial charge on any atom is 0.573 e. The maximum absolute atomic E-state index is 12.8. The normalized spacial score (nSPS) is 24.0. The lowest BCUT2D eigenvalue weighted by molar-refractivity contribution is -0.274. The molecule has 2 aliphatic carbocycles. The van der Waals surface area contributed by atoms with E-state index >= 15 is 0 Å². The van der Waals surface area contributed by atoms with E-state index in [1.165, 1.54) is 49.6 Å². The standard InChI is InChI=1S/C33H46F3N7O/c1-22(2)27-14-24(18-38-17-23-9-11-29(12-10-23)43(3)4)13-25(15-27)19-39-31-28(16-37)21-41-32(42-31)40-20-26-7-5-6-8-30(26)44-33(34,35)36/h5-8,21,23-25,27,29,38H,1,9-15,17-20H2,2-4H3,(H2,39,40,41,42)/t23?,24-,25-,27?,29?/m0/s1. The van der Waals surface area contributed by atoms with E-state index in [0.717, 1.165) is 38.3 Å². The number of allylic oxidation sites excluding steroid dienone is 1. The minimum atomic E-state index is -4.79. The van der Waals surface area contributed by atoms with Crippen molar-refractivity contribution in [2.45, 2.75) is 70.8 Å². The number of halogens is 3. The average molecular weight is 614 g/mol. The van der Waals surface area contributed by atoms with Crippen LogP contribution in [0.15, 0.2) is 42.6 Å². The molecule has 0 aliphatic heterocycles. The van der Waals surface area contributed by atoms with Crippen LogP contribution in [0.4, 0.5) is 24.9 Å². The van der Waals surface area contributed by atoms with Gasteiger partial charge in [0.1, 0.15) is 23.2 Å². The van der Waals surface area contributed by atoms with Gasteiger partial charge in [0.15, 0.2) is 0 Å². The van der Waals surface area contributed by atoms with E-state index in [4.69, 9.17) is 0 Å². The van der Waals surface area contributed by atoms with E-state index in [1.54, 1.807) is 12.1 Å². The first-order valence-electron chi connectivity index (χ1n) is 15.6. The molecular formula is C33H46F3N7O. The SMILES string of the molecule is C=C(C)C1C[C@@H](CNCC2CCC(N(C)C)CC2)C[C@H](CNc2nc(NCc3ccccc3OC(F)(F)F)ncc2C#N)C1. The van der Waals surface area contributed by atoms with Gasteiger partial charge in [0.2, 0.25) is 5.95 Å². The van der Waals surface area contributed by atoms with E-state index in [9.17, 15) is 18.4 Å². The number of nitrogens with zero attached hydrogens (tertiary/aromatic N) is 4. The summed E-state index contributed by atoms with van der Waals surface area (Å²) in [6.07, 6.45) is 4.99. The molecule has 2 aliphatic rings. The quantitative estimate of drug-likeness (QED) is 0.218. The summed E-state index contributed by atoms with van der Waals surface area (Å²) in [6, 6.07) is 8.77. The summed E-state index contributed by atoms with van der Waals surface area (Å²) in [5.74, 6) is 2.47. The van der Waals surface area contributed by atoms with Crippen LogP contribution >= 0.6 is 0 Å². The Morgan fingerprint density at radius 2 is 1.70 bits per heavy atom. The van der Waals surface area contributed by atoms with Crippen LogP contribution in [0.25, 0.3) is 0 Å². The molecule has 1 aromatic heterocycles. The largest absolute Gasteiger partial charge is 0.573 e. The van der Waals surface area contributed by atoms with Crippen molar-refractivity contribution in [2.24, 2.45) is 23.7 Å². The van der Waals surface area contributed by atoms with Crippen LogP contribution in [0.1, 0.15) is 63.0 Å². The first-order valence-corrected chi connectivity index (χ1v) is 15.6. The molecule has 8 nitrogen and oxygen atoms in total. The zero-order chi connectivity index (χ0) is 31.7. The van der Waals surface area contributed by atoms with E-state index in [-0.39, 0.29) is 18.2 Å². The van der Waals surface area contributed by atoms with Gasteiger partial charge < -0.3 is 25.6 Å². The Kier molecular flexibility index (Phi) is 11.9. The molecule has 3 N–H and O–H groups in total. The molecule has 0 amide bonds. The highest BCUT2D eigenvalue weighted by molar-refractivity contribution is 5.53. The number of benzene rings is 1. The predicted molar refractivity (Wildman–Crippen MR) is 167 cm³/mol. The minimum absolute atomic E-state index is 0.0201. The number of rotatable bonds is 13. The predicted octanol–water partition coefficient (Wildman–Crippen LogP) is 6.59. The molecule has 1 unspecified atom stereocenters. The fourth-order valence-electron chi connectivity index (χ4n) is 6.63. The first-order chi connectivity index (χ1) is 21.0. The number of aromatic nitrogens is 2. The molecule has 11 heteroatoms. The molecule has 0 spiro atoms. The Balaban J connectivity index is 1.32. The summed E-state index contributed by atoms with van der Waals surface area (Å²) in [7, 11) is 4.36. The van der Waals surface area contributed by atoms with Gasteiger partial charge in [-0.1, -0.05) is 30.4 Å².